The summed E-state index contributed by atoms with van der Waals surface area (Å²) < 4.78 is 6.26. The molecule has 0 spiro atoms. The number of ether oxygens (including phenoxy) is 1. The minimum Gasteiger partial charge on any atom is -0.486 e. The minimum atomic E-state index is -0.498. The lowest BCUT2D eigenvalue weighted by Gasteiger charge is -2.48. The van der Waals surface area contributed by atoms with E-state index in [1.807, 2.05) is 6.07 Å². The van der Waals surface area contributed by atoms with Gasteiger partial charge in [0, 0.05) is 5.56 Å². The van der Waals surface area contributed by atoms with Gasteiger partial charge in [-0.25, -0.2) is 0 Å². The maximum Gasteiger partial charge on any atom is 0.126 e. The summed E-state index contributed by atoms with van der Waals surface area (Å²) in [4.78, 5) is 2.37. The Bertz CT molecular complexity index is 498. The zero-order chi connectivity index (χ0) is 16.3. The summed E-state index contributed by atoms with van der Waals surface area (Å²) in [6, 6.07) is 6.20. The number of hydrogen-bond donors (Lipinski definition) is 1. The highest BCUT2D eigenvalue weighted by atomic mass is 16.5. The van der Waals surface area contributed by atoms with E-state index in [0.717, 1.165) is 43.7 Å². The van der Waals surface area contributed by atoms with Gasteiger partial charge in [-0.05, 0) is 57.5 Å². The van der Waals surface area contributed by atoms with Crippen LogP contribution in [0.2, 0.25) is 0 Å². The summed E-state index contributed by atoms with van der Waals surface area (Å²) in [5.41, 5.74) is 1.79. The predicted octanol–water partition coefficient (Wildman–Crippen LogP) is 3.94. The van der Waals surface area contributed by atoms with E-state index in [2.05, 4.69) is 51.7 Å². The van der Waals surface area contributed by atoms with Crippen LogP contribution >= 0.6 is 0 Å². The molecule has 1 aliphatic heterocycles. The van der Waals surface area contributed by atoms with Gasteiger partial charge in [-0.3, -0.25) is 4.90 Å². The molecule has 1 aromatic carbocycles. The molecule has 1 heterocycles. The minimum absolute atomic E-state index is 0.0105. The van der Waals surface area contributed by atoms with Crippen LogP contribution in [-0.2, 0) is 6.42 Å². The third kappa shape index (κ3) is 3.31. The molecule has 1 N–H and O–H groups in total. The first kappa shape index (κ1) is 17.3. The summed E-state index contributed by atoms with van der Waals surface area (Å²) in [5, 5.41) is 11.1. The van der Waals surface area contributed by atoms with Crippen molar-refractivity contribution in [3.63, 3.8) is 0 Å². The normalized spacial score (nSPS) is 23.2. The smallest absolute Gasteiger partial charge is 0.126 e. The summed E-state index contributed by atoms with van der Waals surface area (Å²) in [5.74, 6) is 0.831. The molecule has 2 rings (SSSR count). The molecule has 2 unspecified atom stereocenters. The van der Waals surface area contributed by atoms with E-state index in [-0.39, 0.29) is 6.04 Å². The fourth-order valence-corrected chi connectivity index (χ4v) is 3.53. The van der Waals surface area contributed by atoms with Gasteiger partial charge < -0.3 is 9.84 Å². The number of benzene rings is 1. The fraction of sp³-hybridized carbons (Fsp3) is 0.684. The first-order chi connectivity index (χ1) is 10.4. The second-order valence-corrected chi connectivity index (χ2v) is 6.80. The average Bonchev–Trinajstić information content (AvgIpc) is 2.49. The van der Waals surface area contributed by atoms with Gasteiger partial charge in [-0.15, -0.1) is 0 Å². The molecule has 0 saturated carbocycles. The van der Waals surface area contributed by atoms with Crippen LogP contribution in [0, 0.1) is 0 Å². The lowest BCUT2D eigenvalue weighted by molar-refractivity contribution is -0.0816. The van der Waals surface area contributed by atoms with Crippen molar-refractivity contribution in [2.75, 3.05) is 13.1 Å². The largest absolute Gasteiger partial charge is 0.486 e. The average molecular weight is 305 g/mol. The first-order valence-corrected chi connectivity index (χ1v) is 8.68. The Labute approximate surface area is 135 Å². The maximum absolute atomic E-state index is 11.1. The van der Waals surface area contributed by atoms with E-state index in [1.54, 1.807) is 0 Å². The molecule has 0 aromatic heterocycles. The maximum atomic E-state index is 11.1. The Morgan fingerprint density at radius 1 is 1.23 bits per heavy atom. The van der Waals surface area contributed by atoms with Gasteiger partial charge in [0.05, 0.1) is 6.04 Å². The standard InChI is InChI=1S/C19H31NO2/c1-6-9-12-20(8-3)18-17(21)15-13-14(7-2)10-11-16(15)22-19(18,4)5/h10-11,13,17-18,21H,6-9,12H2,1-5H3. The topological polar surface area (TPSA) is 32.7 Å². The van der Waals surface area contributed by atoms with Gasteiger partial charge in [-0.2, -0.15) is 0 Å². The molecule has 3 heteroatoms. The van der Waals surface area contributed by atoms with Crippen LogP contribution in [0.25, 0.3) is 0 Å². The zero-order valence-corrected chi connectivity index (χ0v) is 14.7. The van der Waals surface area contributed by atoms with Gasteiger partial charge in [-0.1, -0.05) is 33.3 Å². The van der Waals surface area contributed by atoms with E-state index < -0.39 is 11.7 Å². The number of hydrogen-bond acceptors (Lipinski definition) is 3. The molecule has 0 amide bonds. The molecule has 0 bridgehead atoms. The number of aliphatic hydroxyl groups excluding tert-OH is 1. The highest BCUT2D eigenvalue weighted by Crippen LogP contribution is 2.42. The number of rotatable bonds is 6. The van der Waals surface area contributed by atoms with Gasteiger partial charge in [0.1, 0.15) is 17.5 Å². The van der Waals surface area contributed by atoms with Crippen molar-refractivity contribution >= 4 is 0 Å². The molecule has 0 fully saturated rings. The van der Waals surface area contributed by atoms with E-state index in [4.69, 9.17) is 4.74 Å². The van der Waals surface area contributed by atoms with Crippen LogP contribution in [0.5, 0.6) is 5.75 Å². The Morgan fingerprint density at radius 2 is 1.95 bits per heavy atom. The predicted molar refractivity (Wildman–Crippen MR) is 91.4 cm³/mol. The quantitative estimate of drug-likeness (QED) is 0.864. The fourth-order valence-electron chi connectivity index (χ4n) is 3.53. The van der Waals surface area contributed by atoms with Crippen molar-refractivity contribution in [1.82, 2.24) is 4.90 Å². The Balaban J connectivity index is 2.36. The third-order valence-corrected chi connectivity index (χ3v) is 4.78. The number of nitrogens with zero attached hydrogens (tertiary/aromatic N) is 1. The molecule has 0 saturated heterocycles. The number of likely N-dealkylation sites (N-methyl/N-ethyl adjacent to an activating group) is 1. The molecular weight excluding hydrogens is 274 g/mol. The van der Waals surface area contributed by atoms with Crippen LogP contribution < -0.4 is 4.74 Å². The van der Waals surface area contributed by atoms with Crippen molar-refractivity contribution < 1.29 is 9.84 Å². The summed E-state index contributed by atoms with van der Waals surface area (Å²) in [6.45, 7) is 12.6. The lowest BCUT2D eigenvalue weighted by Crippen LogP contribution is -2.58. The lowest BCUT2D eigenvalue weighted by atomic mass is 9.84. The van der Waals surface area contributed by atoms with Crippen LogP contribution in [0.1, 0.15) is 64.7 Å². The van der Waals surface area contributed by atoms with Gasteiger partial charge in [0.15, 0.2) is 0 Å². The van der Waals surface area contributed by atoms with E-state index >= 15 is 0 Å². The number of unbranched alkanes of at least 4 members (excludes halogenated alkanes) is 1. The van der Waals surface area contributed by atoms with Crippen molar-refractivity contribution in [1.29, 1.82) is 0 Å². The second kappa shape index (κ2) is 7.01. The Morgan fingerprint density at radius 3 is 2.55 bits per heavy atom. The summed E-state index contributed by atoms with van der Waals surface area (Å²) >= 11 is 0. The molecule has 1 aliphatic rings. The first-order valence-electron chi connectivity index (χ1n) is 8.68. The van der Waals surface area contributed by atoms with E-state index in [9.17, 15) is 5.11 Å². The highest BCUT2D eigenvalue weighted by Gasteiger charge is 2.45. The molecule has 3 nitrogen and oxygen atoms in total. The zero-order valence-electron chi connectivity index (χ0n) is 14.7. The van der Waals surface area contributed by atoms with Crippen molar-refractivity contribution in [3.05, 3.63) is 29.3 Å². The number of aryl methyl sites for hydroxylation is 1. The van der Waals surface area contributed by atoms with Crippen LogP contribution in [-0.4, -0.2) is 34.7 Å². The van der Waals surface area contributed by atoms with Crippen LogP contribution in [0.15, 0.2) is 18.2 Å². The van der Waals surface area contributed by atoms with Crippen LogP contribution in [0.3, 0.4) is 0 Å². The molecule has 0 aliphatic carbocycles. The van der Waals surface area contributed by atoms with Gasteiger partial charge >= 0.3 is 0 Å². The van der Waals surface area contributed by atoms with Crippen molar-refractivity contribution in [2.45, 2.75) is 71.6 Å². The van der Waals surface area contributed by atoms with Gasteiger partial charge in [0.25, 0.3) is 0 Å². The SMILES string of the molecule is CCCCN(CC)C1C(O)c2cc(CC)ccc2OC1(C)C. The molecule has 2 atom stereocenters. The summed E-state index contributed by atoms with van der Waals surface area (Å²) in [6.07, 6.45) is 2.79. The Hall–Kier alpha value is -1.06. The second-order valence-electron chi connectivity index (χ2n) is 6.80. The molecule has 0 radical (unpaired) electrons. The van der Waals surface area contributed by atoms with Crippen molar-refractivity contribution in [3.8, 4) is 5.75 Å². The van der Waals surface area contributed by atoms with E-state index in [0.29, 0.717) is 0 Å². The monoisotopic (exact) mass is 305 g/mol. The number of aliphatic hydroxyl groups is 1. The van der Waals surface area contributed by atoms with Crippen LogP contribution in [0.4, 0.5) is 0 Å². The summed E-state index contributed by atoms with van der Waals surface area (Å²) in [7, 11) is 0. The van der Waals surface area contributed by atoms with E-state index in [1.165, 1.54) is 5.56 Å². The number of fused-ring (bicyclic) bond motifs is 1. The molecular formula is C19H31NO2. The molecule has 22 heavy (non-hydrogen) atoms. The van der Waals surface area contributed by atoms with Gasteiger partial charge in [0.2, 0.25) is 0 Å². The molecule has 124 valence electrons. The third-order valence-electron chi connectivity index (χ3n) is 4.78. The highest BCUT2D eigenvalue weighted by molar-refractivity contribution is 5.42. The molecule has 1 aromatic rings. The Kier molecular flexibility index (Phi) is 5.51. The van der Waals surface area contributed by atoms with Crippen molar-refractivity contribution in [2.24, 2.45) is 0 Å².